The van der Waals surface area contributed by atoms with Crippen molar-refractivity contribution in [1.82, 2.24) is 49.9 Å². The van der Waals surface area contributed by atoms with Crippen LogP contribution < -0.4 is 10.6 Å². The maximum atomic E-state index is 14.4. The van der Waals surface area contributed by atoms with E-state index in [1.54, 1.807) is 0 Å². The molecule has 4 aromatic heterocycles. The van der Waals surface area contributed by atoms with Crippen LogP contribution in [0.3, 0.4) is 0 Å². The minimum Gasteiger partial charge on any atom is -0.394 e. The highest BCUT2D eigenvalue weighted by Crippen LogP contribution is 2.46. The molecule has 0 radical (unpaired) electrons. The molecule has 4 heterocycles. The molecule has 2 aromatic carbocycles. The normalized spacial score (nSPS) is 47.3. The summed E-state index contributed by atoms with van der Waals surface area (Å²) in [7, 11) is 0. The number of nitrogens with zero attached hydrogens (tertiary/aromatic N) is 10. The molecule has 10 rings (SSSR count). The Morgan fingerprint density at radius 3 is 1.64 bits per heavy atom. The first-order valence-electron chi connectivity index (χ1n) is 35.2. The highest BCUT2D eigenvalue weighted by molar-refractivity contribution is 7.99. The predicted octanol–water partition coefficient (Wildman–Crippen LogP) is 4.37. The molecule has 0 saturated heterocycles. The van der Waals surface area contributed by atoms with Crippen molar-refractivity contribution >= 4 is 57.5 Å². The number of aliphatic hydroxyl groups excluding tert-OH is 1. The number of hydrogen-bond donors (Lipinski definition) is 8. The Morgan fingerprint density at radius 1 is 0.708 bits per heavy atom. The van der Waals surface area contributed by atoms with E-state index in [1.807, 2.05) is 0 Å². The third-order valence-corrected chi connectivity index (χ3v) is 11.9. The number of aliphatic hydroxyl groups is 6. The summed E-state index contributed by atoms with van der Waals surface area (Å²) >= 11 is 0.427. The number of hydrogen-bond acceptors (Lipinski definition) is 20. The quantitative estimate of drug-likeness (QED) is 0.0389. The van der Waals surface area contributed by atoms with Gasteiger partial charge < -0.3 is 50.7 Å². The lowest BCUT2D eigenvalue weighted by Crippen LogP contribution is -2.33. The van der Waals surface area contributed by atoms with Gasteiger partial charge in [-0.1, -0.05) is 72.1 Å². The molecule has 72 heavy (non-hydrogen) atoms. The zero-order chi connectivity index (χ0) is 76.2. The smallest absolute Gasteiger partial charge is 0.191 e. The fourth-order valence-electron chi connectivity index (χ4n) is 6.76. The van der Waals surface area contributed by atoms with Gasteiger partial charge in [0.2, 0.25) is 0 Å². The van der Waals surface area contributed by atoms with E-state index in [1.165, 1.54) is 45.0 Å². The number of anilines is 2. The van der Waals surface area contributed by atoms with E-state index in [9.17, 15) is 39.4 Å². The molecule has 6 aromatic rings. The highest BCUT2D eigenvalue weighted by Gasteiger charge is 2.47. The number of nitrogens with one attached hydrogen (secondary N) is 2. The summed E-state index contributed by atoms with van der Waals surface area (Å²) in [5, 5.41) is 81.9. The van der Waals surface area contributed by atoms with E-state index in [-0.39, 0.29) is 49.8 Å². The third kappa shape index (κ3) is 11.2. The molecule has 4 fully saturated rings. The van der Waals surface area contributed by atoms with Gasteiger partial charge in [0.15, 0.2) is 44.3 Å². The van der Waals surface area contributed by atoms with Gasteiger partial charge in [-0.3, -0.25) is 0 Å². The minimum absolute atomic E-state index is 0.00107. The van der Waals surface area contributed by atoms with E-state index in [0.717, 1.165) is 19.1 Å². The van der Waals surface area contributed by atoms with Crippen LogP contribution in [0, 0.1) is 25.5 Å². The van der Waals surface area contributed by atoms with Crippen molar-refractivity contribution in [2.75, 3.05) is 48.4 Å². The van der Waals surface area contributed by atoms with Gasteiger partial charge in [0, 0.05) is 67.2 Å². The van der Waals surface area contributed by atoms with E-state index < -0.39 is 198 Å². The number of aryl methyl sites for hydroxylation is 2. The van der Waals surface area contributed by atoms with Crippen molar-refractivity contribution in [3.63, 3.8) is 0 Å². The van der Waals surface area contributed by atoms with Gasteiger partial charge in [0.25, 0.3) is 0 Å². The van der Waals surface area contributed by atoms with Crippen molar-refractivity contribution < 1.29 is 87.3 Å². The molecule has 0 bridgehead atoms. The van der Waals surface area contributed by atoms with Gasteiger partial charge in [-0.15, -0.1) is 10.2 Å². The highest BCUT2D eigenvalue weighted by atomic mass is 32.2. The first-order valence-corrected chi connectivity index (χ1v) is 22.9. The largest absolute Gasteiger partial charge is 0.394 e. The van der Waals surface area contributed by atoms with Gasteiger partial charge >= 0.3 is 0 Å². The minimum atomic E-state index is -4.39. The second-order valence-electron chi connectivity index (χ2n) is 15.2. The van der Waals surface area contributed by atoms with Crippen LogP contribution in [0.1, 0.15) is 137 Å². The van der Waals surface area contributed by atoms with Crippen molar-refractivity contribution in [2.45, 2.75) is 149 Å². The molecule has 0 aliphatic heterocycles. The number of ether oxygens (including phenoxy) is 2. The molecule has 20 nitrogen and oxygen atoms in total. The van der Waals surface area contributed by atoms with E-state index in [0.29, 0.717) is 11.8 Å². The van der Waals surface area contributed by atoms with Crippen molar-refractivity contribution in [1.29, 1.82) is 0 Å². The van der Waals surface area contributed by atoms with E-state index in [4.69, 9.17) is 43.1 Å². The molecule has 388 valence electrons. The number of thioether (sulfide) groups is 2. The summed E-state index contributed by atoms with van der Waals surface area (Å²) in [5.41, 5.74) is -7.13. The first kappa shape index (κ1) is 27.7. The Balaban J connectivity index is 0.000000233. The second kappa shape index (κ2) is 22.8. The third-order valence-electron chi connectivity index (χ3n) is 10.4. The molecule has 0 amide bonds. The molecule has 4 aliphatic carbocycles. The number of benzene rings is 2. The van der Waals surface area contributed by atoms with Crippen LogP contribution in [0.15, 0.2) is 46.7 Å². The lowest BCUT2D eigenvalue weighted by molar-refractivity contribution is -0.0629. The van der Waals surface area contributed by atoms with Crippen molar-refractivity contribution in [2.24, 2.45) is 0 Å². The fourth-order valence-corrected chi connectivity index (χ4v) is 7.77. The molecular weight excluding hydrogens is 975 g/mol. The van der Waals surface area contributed by atoms with Gasteiger partial charge in [-0.05, 0) is 73.8 Å². The van der Waals surface area contributed by atoms with E-state index in [2.05, 4.69) is 55.9 Å². The SMILES string of the molecule is [2H]C([2H])(C)C([2H])([2H])Sc1nc(N[C@@]2([2H])[C@H](c3ccc(C)c(F)c3)C2([2H])[2H])c2nnn([C@]3([2H])C([2H])([2H])[C@]([2H])(OCCO)[C@@]([2H])(O)[C@@]3([2H])O)c2n1.[2H]C([2H])(CC)Sc1nc(N[C@@]2([2H])[C@H](c3ccc(C)c(F)c3)C2([2H])[2H])c2nnn([C@]3([2H])C([2H])([2H])[C@]([2H])(OC([2H])([2H])C([2H])([2H])O)[C@@]([2H])(O)[C@@]3([2H])O)c2n1. The number of fused-ring (bicyclic) bond motifs is 2. The van der Waals surface area contributed by atoms with Gasteiger partial charge in [-0.25, -0.2) is 38.1 Å². The summed E-state index contributed by atoms with van der Waals surface area (Å²) in [4.78, 5) is 16.3. The Labute approximate surface area is 462 Å². The van der Waals surface area contributed by atoms with Crippen LogP contribution in [0.4, 0.5) is 20.4 Å². The zero-order valence-electron chi connectivity index (χ0n) is 65.8. The molecule has 8 N–H and O–H groups in total. The predicted molar refractivity (Wildman–Crippen MR) is 265 cm³/mol. The van der Waals surface area contributed by atoms with Crippen LogP contribution in [0.2, 0.25) is 0 Å². The monoisotopic (exact) mass is 1060 g/mol. The maximum absolute atomic E-state index is 14.4. The average Bonchev–Trinajstić information content (AvgIpc) is 1.50. The van der Waals surface area contributed by atoms with Gasteiger partial charge in [0.1, 0.15) is 36.0 Å². The van der Waals surface area contributed by atoms with Crippen LogP contribution in [-0.2, 0) is 9.47 Å². The second-order valence-corrected chi connectivity index (χ2v) is 16.9. The standard InChI is InChI=1S/2C24H31FN6O4S/c2*1-3-8-36-24-27-22(26-16-10-14(16)13-5-4-12(2)15(25)9-13)19-23(28-24)31(30-29-19)17-11-18(35-7-6-32)21(34)20(17)33/h2*4-5,9,14,16-18,20-21,32-34H,3,6-8,10-11H2,1-2H3,(H,26,27,28)/t2*14-,16+,17+,18-,20-,21+/m00/s1/i6D2,7D2,8D2,10D2,11D2,16D,17D,18D,20D,21D;3D2,8D2,10D2,11D2,16D,17D,18D,20D,21D. The first-order chi connectivity index (χ1) is 44.9. The van der Waals surface area contributed by atoms with Gasteiger partial charge in [-0.2, -0.15) is 0 Å². The molecule has 0 spiro atoms. The summed E-state index contributed by atoms with van der Waals surface area (Å²) in [6.07, 6.45) is -40.1. The van der Waals surface area contributed by atoms with Crippen molar-refractivity contribution in [3.8, 4) is 0 Å². The van der Waals surface area contributed by atoms with Crippen LogP contribution in [0.5, 0.6) is 0 Å². The molecule has 12 atom stereocenters. The number of aromatic nitrogens is 10. The molecule has 24 heteroatoms. The molecular formula is C48H62F2N12O8S2. The fraction of sp³-hybridized carbons (Fsp3) is 0.583. The Kier molecular flexibility index (Phi) is 8.76. The maximum Gasteiger partial charge on any atom is 0.191 e. The summed E-state index contributed by atoms with van der Waals surface area (Å²) < 4.78 is 273. The molecule has 4 aliphatic rings. The lowest BCUT2D eigenvalue weighted by atomic mass is 10.1. The summed E-state index contributed by atoms with van der Waals surface area (Å²) in [6, 6.07) is -4.72. The summed E-state index contributed by atoms with van der Waals surface area (Å²) in [6.45, 7) is -4.53. The van der Waals surface area contributed by atoms with Crippen LogP contribution in [-0.4, -0.2) is 167 Å². The Morgan fingerprint density at radius 2 is 1.19 bits per heavy atom. The van der Waals surface area contributed by atoms with Crippen molar-refractivity contribution in [3.05, 3.63) is 70.3 Å². The Hall–Kier alpha value is -4.76. The molecule has 4 saturated carbocycles. The number of halogens is 2. The number of rotatable bonds is 20. The molecule has 0 unspecified atom stereocenters. The van der Waals surface area contributed by atoms with Crippen LogP contribution >= 0.6 is 23.5 Å². The zero-order valence-corrected chi connectivity index (χ0v) is 39.4. The Bertz CT molecular complexity index is 4240. The average molecular weight is 1070 g/mol. The summed E-state index contributed by atoms with van der Waals surface area (Å²) in [5.74, 6) is -5.19. The van der Waals surface area contributed by atoms with Gasteiger partial charge in [0.05, 0.1) is 69.7 Å². The topological polar surface area (TPSA) is 277 Å². The lowest BCUT2D eigenvalue weighted by Gasteiger charge is -2.17. The van der Waals surface area contributed by atoms with E-state index >= 15 is 0 Å². The van der Waals surface area contributed by atoms with Crippen LogP contribution in [0.25, 0.3) is 22.3 Å².